The summed E-state index contributed by atoms with van der Waals surface area (Å²) in [6, 6.07) is 3.63. The summed E-state index contributed by atoms with van der Waals surface area (Å²) in [7, 11) is 0. The maximum Gasteiger partial charge on any atom is 0.410 e. The van der Waals surface area contributed by atoms with Gasteiger partial charge in [-0.15, -0.1) is 11.3 Å². The van der Waals surface area contributed by atoms with Crippen LogP contribution >= 0.6 is 11.3 Å². The van der Waals surface area contributed by atoms with E-state index < -0.39 is 5.60 Å². The average molecular weight is 522 g/mol. The summed E-state index contributed by atoms with van der Waals surface area (Å²) in [6.07, 6.45) is 6.95. The number of carbonyl (C=O) groups excluding carboxylic acids is 1. The van der Waals surface area contributed by atoms with Crippen LogP contribution in [0.5, 0.6) is 0 Å². The number of anilines is 2. The molecular weight excluding hydrogens is 490 g/mol. The molecule has 0 bridgehead atoms. The number of pyridine rings is 1. The first-order valence-corrected chi connectivity index (χ1v) is 13.6. The molecule has 5 rings (SSSR count). The van der Waals surface area contributed by atoms with E-state index in [0.717, 1.165) is 44.2 Å². The SMILES string of the molecule is CC(C)(C)OC(=O)N1CCC(c2csc(Nc3ncc4cc(C#N)c(=O)n(C5CCCC5)c4n3)n2)CC1. The van der Waals surface area contributed by atoms with E-state index in [0.29, 0.717) is 35.2 Å². The van der Waals surface area contributed by atoms with Crippen molar-refractivity contribution < 1.29 is 9.53 Å². The molecule has 0 unspecified atom stereocenters. The smallest absolute Gasteiger partial charge is 0.410 e. The van der Waals surface area contributed by atoms with Crippen LogP contribution in [-0.2, 0) is 4.74 Å². The Morgan fingerprint density at radius 1 is 1.19 bits per heavy atom. The number of amides is 1. The number of fused-ring (bicyclic) bond motifs is 1. The molecule has 37 heavy (non-hydrogen) atoms. The molecule has 3 aromatic heterocycles. The van der Waals surface area contributed by atoms with Gasteiger partial charge in [0.25, 0.3) is 5.56 Å². The fraction of sp³-hybridized carbons (Fsp3) is 0.538. The zero-order valence-corrected chi connectivity index (χ0v) is 22.2. The van der Waals surface area contributed by atoms with E-state index in [-0.39, 0.29) is 29.2 Å². The number of hydrogen-bond donors (Lipinski definition) is 1. The topological polar surface area (TPSA) is 126 Å². The number of ether oxygens (including phenoxy) is 1. The molecule has 11 heteroatoms. The zero-order chi connectivity index (χ0) is 26.2. The third-order valence-electron chi connectivity index (χ3n) is 6.89. The molecule has 0 spiro atoms. The number of rotatable bonds is 4. The molecule has 194 valence electrons. The first-order chi connectivity index (χ1) is 17.7. The minimum Gasteiger partial charge on any atom is -0.444 e. The van der Waals surface area contributed by atoms with Gasteiger partial charge in [0.2, 0.25) is 5.95 Å². The van der Waals surface area contributed by atoms with Crippen LogP contribution in [0.4, 0.5) is 15.9 Å². The highest BCUT2D eigenvalue weighted by atomic mass is 32.1. The summed E-state index contributed by atoms with van der Waals surface area (Å²) in [6.45, 7) is 6.89. The molecule has 0 aromatic carbocycles. The zero-order valence-electron chi connectivity index (χ0n) is 21.4. The van der Waals surface area contributed by atoms with Crippen molar-refractivity contribution in [3.63, 3.8) is 0 Å². The van der Waals surface area contributed by atoms with E-state index >= 15 is 0 Å². The third-order valence-corrected chi connectivity index (χ3v) is 7.67. The van der Waals surface area contributed by atoms with Gasteiger partial charge in [-0.1, -0.05) is 12.8 Å². The van der Waals surface area contributed by atoms with Crippen molar-refractivity contribution in [3.05, 3.63) is 39.3 Å². The predicted octanol–water partition coefficient (Wildman–Crippen LogP) is 5.09. The van der Waals surface area contributed by atoms with Crippen LogP contribution in [0, 0.1) is 11.3 Å². The average Bonchev–Trinajstić information content (AvgIpc) is 3.55. The second kappa shape index (κ2) is 10.1. The second-order valence-electron chi connectivity index (χ2n) is 10.7. The number of likely N-dealkylation sites (tertiary alicyclic amines) is 1. The van der Waals surface area contributed by atoms with Crippen LogP contribution in [0.3, 0.4) is 0 Å². The van der Waals surface area contributed by atoms with Crippen molar-refractivity contribution in [2.45, 2.75) is 76.9 Å². The molecule has 1 aliphatic heterocycles. The minimum absolute atomic E-state index is 0.0454. The van der Waals surface area contributed by atoms with Crippen LogP contribution in [0.1, 0.15) is 82.5 Å². The summed E-state index contributed by atoms with van der Waals surface area (Å²) in [4.78, 5) is 41.0. The molecule has 2 aliphatic rings. The summed E-state index contributed by atoms with van der Waals surface area (Å²) in [5.41, 5.74) is 0.850. The lowest BCUT2D eigenvalue weighted by Crippen LogP contribution is -2.41. The molecule has 1 aliphatic carbocycles. The van der Waals surface area contributed by atoms with Gasteiger partial charge in [0.15, 0.2) is 5.13 Å². The van der Waals surface area contributed by atoms with Crippen molar-refractivity contribution in [2.24, 2.45) is 0 Å². The first-order valence-electron chi connectivity index (χ1n) is 12.7. The number of nitrogens with zero attached hydrogens (tertiary/aromatic N) is 6. The number of aromatic nitrogens is 4. The summed E-state index contributed by atoms with van der Waals surface area (Å²) in [5.74, 6) is 0.629. The highest BCUT2D eigenvalue weighted by Gasteiger charge is 2.29. The summed E-state index contributed by atoms with van der Waals surface area (Å²) in [5, 5.41) is 16.0. The maximum atomic E-state index is 13.0. The monoisotopic (exact) mass is 521 g/mol. The van der Waals surface area contributed by atoms with Crippen LogP contribution in [-0.4, -0.2) is 49.2 Å². The molecule has 2 fully saturated rings. The molecule has 10 nitrogen and oxygen atoms in total. The Morgan fingerprint density at radius 2 is 1.92 bits per heavy atom. The van der Waals surface area contributed by atoms with E-state index in [1.165, 1.54) is 11.3 Å². The number of nitrogens with one attached hydrogen (secondary N) is 1. The van der Waals surface area contributed by atoms with Crippen LogP contribution < -0.4 is 10.9 Å². The highest BCUT2D eigenvalue weighted by Crippen LogP contribution is 2.33. The molecular formula is C26H31N7O3S. The molecule has 4 heterocycles. The molecule has 3 aromatic rings. The van der Waals surface area contributed by atoms with Crippen LogP contribution in [0.15, 0.2) is 22.4 Å². The van der Waals surface area contributed by atoms with E-state index in [1.54, 1.807) is 21.7 Å². The van der Waals surface area contributed by atoms with E-state index in [9.17, 15) is 14.9 Å². The standard InChI is InChI=1S/C26H31N7O3S/c1-26(2,3)36-25(35)32-10-8-16(9-11-32)20-15-37-24(29-20)31-23-28-14-18-12-17(13-27)22(34)33(21(18)30-23)19-6-4-5-7-19/h12,14-16,19H,4-11H2,1-3H3,(H,28,29,30,31). The quantitative estimate of drug-likeness (QED) is 0.503. The van der Waals surface area contributed by atoms with Gasteiger partial charge in [0.1, 0.15) is 22.9 Å². The number of thiazole rings is 1. The number of carbonyl (C=O) groups is 1. The molecule has 1 saturated heterocycles. The van der Waals surface area contributed by atoms with E-state index in [2.05, 4.69) is 15.3 Å². The Kier molecular flexibility index (Phi) is 6.86. The lowest BCUT2D eigenvalue weighted by atomic mass is 9.94. The minimum atomic E-state index is -0.502. The van der Waals surface area contributed by atoms with Crippen LogP contribution in [0.25, 0.3) is 11.0 Å². The van der Waals surface area contributed by atoms with E-state index in [4.69, 9.17) is 9.72 Å². The fourth-order valence-electron chi connectivity index (χ4n) is 5.07. The van der Waals surface area contributed by atoms with Gasteiger partial charge in [-0.25, -0.2) is 14.8 Å². The summed E-state index contributed by atoms with van der Waals surface area (Å²) >= 11 is 1.48. The largest absolute Gasteiger partial charge is 0.444 e. The summed E-state index contributed by atoms with van der Waals surface area (Å²) < 4.78 is 7.17. The Labute approximate surface area is 219 Å². The van der Waals surface area contributed by atoms with Gasteiger partial charge in [-0.05, 0) is 52.5 Å². The Morgan fingerprint density at radius 3 is 2.59 bits per heavy atom. The highest BCUT2D eigenvalue weighted by molar-refractivity contribution is 7.13. The van der Waals surface area contributed by atoms with Crippen molar-refractivity contribution in [1.29, 1.82) is 5.26 Å². The fourth-order valence-corrected chi connectivity index (χ4v) is 5.86. The van der Waals surface area contributed by atoms with Gasteiger partial charge in [0, 0.05) is 42.0 Å². The van der Waals surface area contributed by atoms with Crippen LogP contribution in [0.2, 0.25) is 0 Å². The number of hydrogen-bond acceptors (Lipinski definition) is 9. The number of piperidine rings is 1. The van der Waals surface area contributed by atoms with Crippen molar-refractivity contribution in [3.8, 4) is 6.07 Å². The Hall–Kier alpha value is -3.52. The van der Waals surface area contributed by atoms with Crippen molar-refractivity contribution in [1.82, 2.24) is 24.4 Å². The molecule has 0 radical (unpaired) electrons. The van der Waals surface area contributed by atoms with Gasteiger partial charge in [-0.3, -0.25) is 14.7 Å². The molecule has 1 N–H and O–H groups in total. The number of nitriles is 1. The Bertz CT molecular complexity index is 1400. The molecule has 0 atom stereocenters. The lowest BCUT2D eigenvalue weighted by Gasteiger charge is -2.32. The first kappa shape index (κ1) is 25.1. The van der Waals surface area contributed by atoms with Gasteiger partial charge >= 0.3 is 6.09 Å². The predicted molar refractivity (Wildman–Crippen MR) is 141 cm³/mol. The lowest BCUT2D eigenvalue weighted by molar-refractivity contribution is 0.0204. The van der Waals surface area contributed by atoms with Gasteiger partial charge < -0.3 is 9.64 Å². The molecule has 1 amide bonds. The van der Waals surface area contributed by atoms with Crippen molar-refractivity contribution in [2.75, 3.05) is 18.4 Å². The van der Waals surface area contributed by atoms with E-state index in [1.807, 2.05) is 32.2 Å². The third kappa shape index (κ3) is 5.44. The van der Waals surface area contributed by atoms with Crippen molar-refractivity contribution >= 4 is 39.5 Å². The second-order valence-corrected chi connectivity index (χ2v) is 11.6. The van der Waals surface area contributed by atoms with Gasteiger partial charge in [0.05, 0.1) is 5.69 Å². The molecule has 1 saturated carbocycles. The maximum absolute atomic E-state index is 13.0. The van der Waals surface area contributed by atoms with Gasteiger partial charge in [-0.2, -0.15) is 10.2 Å². The normalized spacial score (nSPS) is 17.2. The Balaban J connectivity index is 1.31.